The molecule has 31 heavy (non-hydrogen) atoms. The molecule has 7 nitrogen and oxygen atoms in total. The van der Waals surface area contributed by atoms with Crippen molar-refractivity contribution < 1.29 is 4.79 Å². The van der Waals surface area contributed by atoms with Gasteiger partial charge < -0.3 is 15.1 Å². The van der Waals surface area contributed by atoms with Gasteiger partial charge in [0.1, 0.15) is 23.3 Å². The van der Waals surface area contributed by atoms with Crippen LogP contribution in [0.5, 0.6) is 0 Å². The molecule has 0 bridgehead atoms. The molecule has 0 amide bonds. The van der Waals surface area contributed by atoms with Crippen LogP contribution in [0.1, 0.15) is 6.92 Å². The van der Waals surface area contributed by atoms with E-state index < -0.39 is 0 Å². The SMILES string of the molecule is CCNc1nc(SCC(=O)C(C#N)=C2N(C)c3ccccc3N2C)nc2ccccc12. The van der Waals surface area contributed by atoms with E-state index in [-0.39, 0.29) is 17.1 Å². The topological polar surface area (TPSA) is 85.1 Å². The van der Waals surface area contributed by atoms with Gasteiger partial charge in [-0.25, -0.2) is 9.97 Å². The summed E-state index contributed by atoms with van der Waals surface area (Å²) in [5.74, 6) is 1.15. The zero-order chi connectivity index (χ0) is 22.0. The molecule has 1 aliphatic heterocycles. The number of nitriles is 1. The predicted octanol–water partition coefficient (Wildman–Crippen LogP) is 4.04. The highest BCUT2D eigenvalue weighted by molar-refractivity contribution is 7.99. The molecule has 0 spiro atoms. The molecule has 4 rings (SSSR count). The van der Waals surface area contributed by atoms with Crippen LogP contribution < -0.4 is 15.1 Å². The number of aromatic nitrogens is 2. The first-order valence-corrected chi connectivity index (χ1v) is 10.9. The Morgan fingerprint density at radius 1 is 1.06 bits per heavy atom. The summed E-state index contributed by atoms with van der Waals surface area (Å²) in [4.78, 5) is 25.9. The van der Waals surface area contributed by atoms with Crippen molar-refractivity contribution >= 4 is 45.6 Å². The fraction of sp³-hybridized carbons (Fsp3) is 0.217. The van der Waals surface area contributed by atoms with Crippen molar-refractivity contribution in [3.63, 3.8) is 0 Å². The normalized spacial score (nSPS) is 12.6. The van der Waals surface area contributed by atoms with E-state index in [0.717, 1.165) is 34.6 Å². The number of ketones is 1. The number of carbonyl (C=O) groups excluding carboxylic acids is 1. The molecule has 3 aromatic rings. The van der Waals surface area contributed by atoms with Crippen molar-refractivity contribution in [2.75, 3.05) is 41.5 Å². The summed E-state index contributed by atoms with van der Waals surface area (Å²) in [6, 6.07) is 17.7. The van der Waals surface area contributed by atoms with Crippen molar-refractivity contribution in [1.82, 2.24) is 9.97 Å². The summed E-state index contributed by atoms with van der Waals surface area (Å²) in [5, 5.41) is 14.5. The maximum absolute atomic E-state index is 13.0. The van der Waals surface area contributed by atoms with Gasteiger partial charge in [-0.2, -0.15) is 5.26 Å². The number of fused-ring (bicyclic) bond motifs is 2. The van der Waals surface area contributed by atoms with Crippen molar-refractivity contribution in [3.05, 3.63) is 59.9 Å². The van der Waals surface area contributed by atoms with Gasteiger partial charge in [0.15, 0.2) is 10.9 Å². The summed E-state index contributed by atoms with van der Waals surface area (Å²) in [7, 11) is 3.73. The third-order valence-electron chi connectivity index (χ3n) is 5.11. The van der Waals surface area contributed by atoms with Crippen molar-refractivity contribution in [2.45, 2.75) is 12.1 Å². The van der Waals surface area contributed by atoms with Crippen LogP contribution in [-0.4, -0.2) is 42.1 Å². The van der Waals surface area contributed by atoms with E-state index in [9.17, 15) is 10.1 Å². The maximum Gasteiger partial charge on any atom is 0.190 e. The second-order valence-electron chi connectivity index (χ2n) is 7.03. The fourth-order valence-corrected chi connectivity index (χ4v) is 4.40. The van der Waals surface area contributed by atoms with E-state index in [1.807, 2.05) is 79.3 Å². The average Bonchev–Trinajstić information content (AvgIpc) is 3.04. The van der Waals surface area contributed by atoms with E-state index in [4.69, 9.17) is 0 Å². The van der Waals surface area contributed by atoms with Gasteiger partial charge in [-0.05, 0) is 31.2 Å². The summed E-state index contributed by atoms with van der Waals surface area (Å²) >= 11 is 1.24. The first kappa shape index (κ1) is 20.7. The summed E-state index contributed by atoms with van der Waals surface area (Å²) in [6.07, 6.45) is 0. The summed E-state index contributed by atoms with van der Waals surface area (Å²) < 4.78 is 0. The highest BCUT2D eigenvalue weighted by Gasteiger charge is 2.31. The monoisotopic (exact) mass is 430 g/mol. The molecule has 156 valence electrons. The fourth-order valence-electron chi connectivity index (χ4n) is 3.68. The van der Waals surface area contributed by atoms with E-state index in [1.54, 1.807) is 0 Å². The van der Waals surface area contributed by atoms with Gasteiger partial charge in [-0.1, -0.05) is 36.0 Å². The summed E-state index contributed by atoms with van der Waals surface area (Å²) in [5.41, 5.74) is 2.86. The molecule has 0 aliphatic carbocycles. The molecular formula is C23H22N6OS. The van der Waals surface area contributed by atoms with Gasteiger partial charge in [-0.15, -0.1) is 0 Å². The lowest BCUT2D eigenvalue weighted by Gasteiger charge is -2.19. The highest BCUT2D eigenvalue weighted by atomic mass is 32.2. The van der Waals surface area contributed by atoms with Crippen LogP contribution in [0, 0.1) is 11.3 Å². The standard InChI is InChI=1S/C23H22N6OS/c1-4-25-21-15-9-5-6-10-17(15)26-23(27-21)31-14-20(30)16(13-24)22-28(2)18-11-7-8-12-19(18)29(22)3/h5-12H,4,14H2,1-3H3,(H,25,26,27). The highest BCUT2D eigenvalue weighted by Crippen LogP contribution is 2.40. The number of benzene rings is 2. The van der Waals surface area contributed by atoms with Gasteiger partial charge in [0.2, 0.25) is 0 Å². The van der Waals surface area contributed by atoms with Crippen molar-refractivity contribution in [3.8, 4) is 6.07 Å². The molecule has 2 heterocycles. The van der Waals surface area contributed by atoms with E-state index >= 15 is 0 Å². The Balaban J connectivity index is 1.60. The van der Waals surface area contributed by atoms with Crippen LogP contribution in [0.2, 0.25) is 0 Å². The Kier molecular flexibility index (Phi) is 5.78. The Morgan fingerprint density at radius 3 is 2.35 bits per heavy atom. The molecule has 1 aromatic heterocycles. The van der Waals surface area contributed by atoms with Crippen LogP contribution in [0.15, 0.2) is 65.1 Å². The molecule has 0 unspecified atom stereocenters. The average molecular weight is 431 g/mol. The number of hydrogen-bond donors (Lipinski definition) is 1. The maximum atomic E-state index is 13.0. The molecule has 8 heteroatoms. The van der Waals surface area contributed by atoms with Gasteiger partial charge >= 0.3 is 0 Å². The third-order valence-corrected chi connectivity index (χ3v) is 5.96. The van der Waals surface area contributed by atoms with Gasteiger partial charge in [0, 0.05) is 26.0 Å². The zero-order valence-corrected chi connectivity index (χ0v) is 18.4. The quantitative estimate of drug-likeness (QED) is 0.271. The lowest BCUT2D eigenvalue weighted by molar-refractivity contribution is -0.112. The number of thioether (sulfide) groups is 1. The van der Waals surface area contributed by atoms with Crippen molar-refractivity contribution in [2.24, 2.45) is 0 Å². The lowest BCUT2D eigenvalue weighted by atomic mass is 10.2. The van der Waals surface area contributed by atoms with E-state index in [2.05, 4.69) is 21.4 Å². The minimum Gasteiger partial charge on any atom is -0.370 e. The first-order chi connectivity index (χ1) is 15.0. The molecule has 0 radical (unpaired) electrons. The van der Waals surface area contributed by atoms with Crippen LogP contribution in [0.3, 0.4) is 0 Å². The minimum atomic E-state index is -0.254. The number of nitrogens with one attached hydrogen (secondary N) is 1. The van der Waals surface area contributed by atoms with Crippen LogP contribution in [0.25, 0.3) is 10.9 Å². The molecule has 1 aliphatic rings. The summed E-state index contributed by atoms with van der Waals surface area (Å²) in [6.45, 7) is 2.74. The number of rotatable bonds is 6. The third kappa shape index (κ3) is 3.80. The Bertz CT molecular complexity index is 1200. The second kappa shape index (κ2) is 8.66. The number of para-hydroxylation sites is 3. The number of anilines is 3. The smallest absolute Gasteiger partial charge is 0.190 e. The Hall–Kier alpha value is -3.57. The Morgan fingerprint density at radius 2 is 1.71 bits per heavy atom. The molecule has 0 atom stereocenters. The van der Waals surface area contributed by atoms with E-state index in [1.165, 1.54) is 11.8 Å². The number of allylic oxidation sites excluding steroid dienone is 1. The van der Waals surface area contributed by atoms with Crippen molar-refractivity contribution in [1.29, 1.82) is 5.26 Å². The predicted molar refractivity (Wildman–Crippen MR) is 125 cm³/mol. The number of nitrogens with zero attached hydrogens (tertiary/aromatic N) is 5. The van der Waals surface area contributed by atoms with E-state index in [0.29, 0.717) is 11.0 Å². The number of hydrogen-bond acceptors (Lipinski definition) is 8. The van der Waals surface area contributed by atoms with Crippen LogP contribution >= 0.6 is 11.8 Å². The van der Waals surface area contributed by atoms with Crippen LogP contribution in [-0.2, 0) is 4.79 Å². The molecule has 0 saturated heterocycles. The molecule has 0 saturated carbocycles. The number of Topliss-reactive ketones (excluding diaryl/α,β-unsaturated/α-hetero) is 1. The molecule has 2 aromatic carbocycles. The van der Waals surface area contributed by atoms with Gasteiger partial charge in [0.25, 0.3) is 0 Å². The lowest BCUT2D eigenvalue weighted by Crippen LogP contribution is -2.26. The second-order valence-corrected chi connectivity index (χ2v) is 7.97. The Labute approximate surface area is 185 Å². The van der Waals surface area contributed by atoms with Gasteiger partial charge in [0.05, 0.1) is 22.6 Å². The zero-order valence-electron chi connectivity index (χ0n) is 17.6. The number of carbonyl (C=O) groups is 1. The molecule has 0 fully saturated rings. The van der Waals surface area contributed by atoms with Crippen LogP contribution in [0.4, 0.5) is 17.2 Å². The first-order valence-electron chi connectivity index (χ1n) is 9.92. The molecule has 1 N–H and O–H groups in total. The van der Waals surface area contributed by atoms with Gasteiger partial charge in [-0.3, -0.25) is 4.79 Å². The minimum absolute atomic E-state index is 0.0777. The molecular weight excluding hydrogens is 408 g/mol. The largest absolute Gasteiger partial charge is 0.370 e.